The molecule has 0 aliphatic carbocycles. The Morgan fingerprint density at radius 1 is 1.22 bits per heavy atom. The third kappa shape index (κ3) is 2.20. The van der Waals surface area contributed by atoms with Gasteiger partial charge in [-0.05, 0) is 19.4 Å². The summed E-state index contributed by atoms with van der Waals surface area (Å²) in [6, 6.07) is 6.42. The van der Waals surface area contributed by atoms with Crippen LogP contribution in [0, 0.1) is 6.92 Å². The SMILES string of the molecule is CC1=C(C(=O)O)[C@@H](c2ccc(C)cc2)NC(=O)N1. The van der Waals surface area contributed by atoms with Gasteiger partial charge in [-0.15, -0.1) is 0 Å². The highest BCUT2D eigenvalue weighted by atomic mass is 16.4. The first-order valence-corrected chi connectivity index (χ1v) is 5.57. The summed E-state index contributed by atoms with van der Waals surface area (Å²) in [5.74, 6) is -1.04. The predicted molar refractivity (Wildman–Crippen MR) is 65.9 cm³/mol. The first kappa shape index (κ1) is 12.2. The molecule has 1 aliphatic heterocycles. The van der Waals surface area contributed by atoms with Crippen LogP contribution in [0.2, 0.25) is 0 Å². The molecule has 1 atom stereocenters. The van der Waals surface area contributed by atoms with Gasteiger partial charge in [0.05, 0.1) is 11.6 Å². The second-order valence-electron chi connectivity index (χ2n) is 4.29. The lowest BCUT2D eigenvalue weighted by Gasteiger charge is -2.27. The molecule has 0 bridgehead atoms. The molecular weight excluding hydrogens is 232 g/mol. The van der Waals surface area contributed by atoms with Gasteiger partial charge in [0, 0.05) is 5.70 Å². The van der Waals surface area contributed by atoms with Crippen LogP contribution in [-0.4, -0.2) is 17.1 Å². The van der Waals surface area contributed by atoms with Crippen molar-refractivity contribution in [2.45, 2.75) is 19.9 Å². The molecule has 18 heavy (non-hydrogen) atoms. The highest BCUT2D eigenvalue weighted by molar-refractivity contribution is 5.93. The van der Waals surface area contributed by atoms with Crippen LogP contribution in [0.1, 0.15) is 24.1 Å². The number of carboxylic acid groups (broad SMARTS) is 1. The number of carbonyl (C=O) groups is 2. The van der Waals surface area contributed by atoms with Crippen molar-refractivity contribution < 1.29 is 14.7 Å². The Hall–Kier alpha value is -2.30. The minimum Gasteiger partial charge on any atom is -0.478 e. The smallest absolute Gasteiger partial charge is 0.335 e. The van der Waals surface area contributed by atoms with Crippen molar-refractivity contribution in [2.24, 2.45) is 0 Å². The summed E-state index contributed by atoms with van der Waals surface area (Å²) in [4.78, 5) is 22.7. The number of aliphatic carboxylic acids is 1. The van der Waals surface area contributed by atoms with Gasteiger partial charge in [0.25, 0.3) is 0 Å². The number of carboxylic acids is 1. The normalized spacial score (nSPS) is 19.2. The number of allylic oxidation sites excluding steroid dienone is 1. The Morgan fingerprint density at radius 2 is 1.83 bits per heavy atom. The van der Waals surface area contributed by atoms with Gasteiger partial charge in [0.1, 0.15) is 0 Å². The molecule has 0 fully saturated rings. The van der Waals surface area contributed by atoms with Gasteiger partial charge in [-0.25, -0.2) is 9.59 Å². The van der Waals surface area contributed by atoms with Crippen LogP contribution >= 0.6 is 0 Å². The summed E-state index contributed by atoms with van der Waals surface area (Å²) in [5.41, 5.74) is 2.37. The van der Waals surface area contributed by atoms with E-state index in [0.717, 1.165) is 11.1 Å². The number of rotatable bonds is 2. The number of urea groups is 1. The first-order chi connectivity index (χ1) is 8.49. The average molecular weight is 246 g/mol. The maximum atomic E-state index is 11.4. The van der Waals surface area contributed by atoms with Gasteiger partial charge < -0.3 is 15.7 Å². The summed E-state index contributed by atoms with van der Waals surface area (Å²) in [6.45, 7) is 3.54. The Morgan fingerprint density at radius 3 is 2.39 bits per heavy atom. The largest absolute Gasteiger partial charge is 0.478 e. The quantitative estimate of drug-likeness (QED) is 0.743. The third-order valence-electron chi connectivity index (χ3n) is 2.91. The van der Waals surface area contributed by atoms with Gasteiger partial charge in [0.15, 0.2) is 0 Å². The fourth-order valence-corrected chi connectivity index (χ4v) is 1.99. The molecule has 1 heterocycles. The molecule has 5 nitrogen and oxygen atoms in total. The van der Waals surface area contributed by atoms with E-state index in [1.807, 2.05) is 31.2 Å². The average Bonchev–Trinajstić information content (AvgIpc) is 2.28. The number of benzene rings is 1. The molecular formula is C13H14N2O3. The second-order valence-corrected chi connectivity index (χ2v) is 4.29. The molecule has 2 rings (SSSR count). The van der Waals surface area contributed by atoms with E-state index in [-0.39, 0.29) is 11.6 Å². The zero-order chi connectivity index (χ0) is 13.3. The molecule has 0 spiro atoms. The van der Waals surface area contributed by atoms with Crippen molar-refractivity contribution >= 4 is 12.0 Å². The van der Waals surface area contributed by atoms with E-state index in [1.54, 1.807) is 6.92 Å². The molecule has 0 aromatic heterocycles. The van der Waals surface area contributed by atoms with E-state index >= 15 is 0 Å². The van der Waals surface area contributed by atoms with E-state index in [2.05, 4.69) is 10.6 Å². The molecule has 5 heteroatoms. The maximum absolute atomic E-state index is 11.4. The second kappa shape index (κ2) is 4.52. The number of amides is 2. The predicted octanol–water partition coefficient (Wildman–Crippen LogP) is 1.71. The van der Waals surface area contributed by atoms with Gasteiger partial charge >= 0.3 is 12.0 Å². The minimum atomic E-state index is -1.04. The summed E-state index contributed by atoms with van der Waals surface area (Å²) in [7, 11) is 0. The lowest BCUT2D eigenvalue weighted by molar-refractivity contribution is -0.133. The standard InChI is InChI=1S/C13H14N2O3/c1-7-3-5-9(6-4-7)11-10(12(16)17)8(2)14-13(18)15-11/h3-6,11H,1-2H3,(H,16,17)(H2,14,15,18)/t11-/m1/s1. The van der Waals surface area contributed by atoms with Gasteiger partial charge in [-0.3, -0.25) is 0 Å². The Kier molecular flexibility index (Phi) is 3.06. The van der Waals surface area contributed by atoms with E-state index in [9.17, 15) is 14.7 Å². The zero-order valence-electron chi connectivity index (χ0n) is 10.2. The number of aryl methyl sites for hydroxylation is 1. The molecule has 0 radical (unpaired) electrons. The fourth-order valence-electron chi connectivity index (χ4n) is 1.99. The van der Waals surface area contributed by atoms with E-state index in [0.29, 0.717) is 5.70 Å². The summed E-state index contributed by atoms with van der Waals surface area (Å²) < 4.78 is 0. The number of hydrogen-bond donors (Lipinski definition) is 3. The highest BCUT2D eigenvalue weighted by Crippen LogP contribution is 2.26. The highest BCUT2D eigenvalue weighted by Gasteiger charge is 2.30. The number of nitrogens with one attached hydrogen (secondary N) is 2. The van der Waals surface area contributed by atoms with Crippen LogP contribution in [0.3, 0.4) is 0 Å². The van der Waals surface area contributed by atoms with Crippen molar-refractivity contribution in [3.05, 3.63) is 46.7 Å². The lowest BCUT2D eigenvalue weighted by Crippen LogP contribution is -2.45. The van der Waals surface area contributed by atoms with Crippen LogP contribution < -0.4 is 10.6 Å². The molecule has 1 aliphatic rings. The molecule has 1 aromatic rings. The van der Waals surface area contributed by atoms with Gasteiger partial charge in [-0.2, -0.15) is 0 Å². The molecule has 1 aromatic carbocycles. The van der Waals surface area contributed by atoms with Crippen LogP contribution in [-0.2, 0) is 4.79 Å². The van der Waals surface area contributed by atoms with Gasteiger partial charge in [0.2, 0.25) is 0 Å². The van der Waals surface area contributed by atoms with Crippen LogP contribution in [0.25, 0.3) is 0 Å². The zero-order valence-corrected chi connectivity index (χ0v) is 10.2. The molecule has 3 N–H and O–H groups in total. The van der Waals surface area contributed by atoms with Crippen molar-refractivity contribution in [3.63, 3.8) is 0 Å². The Balaban J connectivity index is 2.46. The van der Waals surface area contributed by atoms with Crippen molar-refractivity contribution in [2.75, 3.05) is 0 Å². The van der Waals surface area contributed by atoms with E-state index in [1.165, 1.54) is 0 Å². The topological polar surface area (TPSA) is 78.4 Å². The third-order valence-corrected chi connectivity index (χ3v) is 2.91. The van der Waals surface area contributed by atoms with Crippen LogP contribution in [0.15, 0.2) is 35.5 Å². The molecule has 0 saturated carbocycles. The maximum Gasteiger partial charge on any atom is 0.335 e. The minimum absolute atomic E-state index is 0.165. The first-order valence-electron chi connectivity index (χ1n) is 5.57. The van der Waals surface area contributed by atoms with E-state index < -0.39 is 12.0 Å². The fraction of sp³-hybridized carbons (Fsp3) is 0.231. The summed E-state index contributed by atoms with van der Waals surface area (Å²) in [6.07, 6.45) is 0. The number of hydrogen-bond acceptors (Lipinski definition) is 2. The van der Waals surface area contributed by atoms with Crippen LogP contribution in [0.4, 0.5) is 4.79 Å². The van der Waals surface area contributed by atoms with Crippen LogP contribution in [0.5, 0.6) is 0 Å². The summed E-state index contributed by atoms with van der Waals surface area (Å²) >= 11 is 0. The summed E-state index contributed by atoms with van der Waals surface area (Å²) in [5, 5.41) is 14.3. The van der Waals surface area contributed by atoms with Crippen molar-refractivity contribution in [3.8, 4) is 0 Å². The lowest BCUT2D eigenvalue weighted by atomic mass is 9.95. The van der Waals surface area contributed by atoms with Crippen molar-refractivity contribution in [1.29, 1.82) is 0 Å². The van der Waals surface area contributed by atoms with Gasteiger partial charge in [-0.1, -0.05) is 29.8 Å². The Labute approximate surface area is 105 Å². The van der Waals surface area contributed by atoms with E-state index in [4.69, 9.17) is 0 Å². The molecule has 2 amide bonds. The van der Waals surface area contributed by atoms with Crippen molar-refractivity contribution in [1.82, 2.24) is 10.6 Å². The molecule has 0 unspecified atom stereocenters. The molecule has 94 valence electrons. The number of carbonyl (C=O) groups excluding carboxylic acids is 1. The molecule has 0 saturated heterocycles. The Bertz CT molecular complexity index is 532. The monoisotopic (exact) mass is 246 g/mol.